The summed E-state index contributed by atoms with van der Waals surface area (Å²) in [5.74, 6) is -1.06. The van der Waals surface area contributed by atoms with E-state index in [1.54, 1.807) is 24.3 Å². The van der Waals surface area contributed by atoms with E-state index >= 15 is 0 Å². The quantitative estimate of drug-likeness (QED) is 0.838. The fourth-order valence-electron chi connectivity index (χ4n) is 2.42. The van der Waals surface area contributed by atoms with Gasteiger partial charge in [-0.15, -0.1) is 5.06 Å². The van der Waals surface area contributed by atoms with Crippen LogP contribution in [0.25, 0.3) is 0 Å². The van der Waals surface area contributed by atoms with Crippen molar-refractivity contribution in [1.82, 2.24) is 5.06 Å². The van der Waals surface area contributed by atoms with Crippen molar-refractivity contribution in [3.05, 3.63) is 35.4 Å². The van der Waals surface area contributed by atoms with E-state index in [0.29, 0.717) is 22.6 Å². The van der Waals surface area contributed by atoms with Gasteiger partial charge in [-0.25, -0.2) is 4.79 Å². The first-order valence-electron chi connectivity index (χ1n) is 7.26. The first kappa shape index (κ1) is 17.0. The molecule has 2 rings (SSSR count). The Kier molecular flexibility index (Phi) is 4.70. The molecule has 0 bridgehead atoms. The molecule has 0 radical (unpaired) electrons. The van der Waals surface area contributed by atoms with Crippen LogP contribution in [-0.2, 0) is 9.57 Å². The second-order valence-corrected chi connectivity index (χ2v) is 6.57. The van der Waals surface area contributed by atoms with E-state index in [1.807, 2.05) is 20.8 Å². The first-order valence-corrected chi connectivity index (χ1v) is 7.26. The van der Waals surface area contributed by atoms with Gasteiger partial charge in [0.15, 0.2) is 0 Å². The molecule has 0 saturated carbocycles. The number of amides is 3. The van der Waals surface area contributed by atoms with Gasteiger partial charge in [-0.05, 0) is 24.0 Å². The van der Waals surface area contributed by atoms with Gasteiger partial charge in [0.25, 0.3) is 11.8 Å². The zero-order valence-corrected chi connectivity index (χ0v) is 13.4. The molecular formula is C16H20N2O5. The topological polar surface area (TPSA) is 98.9 Å². The number of imide groups is 1. The predicted molar refractivity (Wildman–Crippen MR) is 81.4 cm³/mol. The molecule has 124 valence electrons. The number of rotatable bonds is 5. The van der Waals surface area contributed by atoms with Gasteiger partial charge in [0.05, 0.1) is 11.1 Å². The molecule has 0 aromatic heterocycles. The number of nitrogens with zero attached hydrogens (tertiary/aromatic N) is 1. The number of benzene rings is 1. The first-order chi connectivity index (χ1) is 10.7. The molecule has 1 aliphatic rings. The van der Waals surface area contributed by atoms with Crippen LogP contribution in [0.15, 0.2) is 24.3 Å². The van der Waals surface area contributed by atoms with Crippen LogP contribution in [0.3, 0.4) is 0 Å². The molecule has 0 spiro atoms. The van der Waals surface area contributed by atoms with Gasteiger partial charge >= 0.3 is 6.09 Å². The lowest BCUT2D eigenvalue weighted by Crippen LogP contribution is -2.37. The molecule has 0 unspecified atom stereocenters. The number of carbonyl (C=O) groups excluding carboxylic acids is 3. The minimum absolute atomic E-state index is 0.133. The lowest BCUT2D eigenvalue weighted by atomic mass is 9.89. The summed E-state index contributed by atoms with van der Waals surface area (Å²) < 4.78 is 5.00. The van der Waals surface area contributed by atoms with Crippen LogP contribution >= 0.6 is 0 Å². The van der Waals surface area contributed by atoms with Crippen LogP contribution < -0.4 is 5.73 Å². The van der Waals surface area contributed by atoms with E-state index in [-0.39, 0.29) is 12.0 Å². The molecule has 1 aliphatic heterocycles. The second kappa shape index (κ2) is 6.37. The maximum absolute atomic E-state index is 12.2. The van der Waals surface area contributed by atoms with Crippen LogP contribution in [0.5, 0.6) is 0 Å². The molecular weight excluding hydrogens is 300 g/mol. The largest absolute Gasteiger partial charge is 0.444 e. The number of carbonyl (C=O) groups is 3. The van der Waals surface area contributed by atoms with Crippen LogP contribution in [-0.4, -0.2) is 35.7 Å². The number of hydrogen-bond acceptors (Lipinski definition) is 5. The highest BCUT2D eigenvalue weighted by atomic mass is 16.7. The molecule has 2 N–H and O–H groups in total. The summed E-state index contributed by atoms with van der Waals surface area (Å²) >= 11 is 0. The number of ether oxygens (including phenoxy) is 1. The maximum atomic E-state index is 12.2. The Morgan fingerprint density at radius 3 is 2.13 bits per heavy atom. The Morgan fingerprint density at radius 2 is 1.70 bits per heavy atom. The smallest absolute Gasteiger partial charge is 0.404 e. The minimum atomic E-state index is -0.926. The Balaban J connectivity index is 2.05. The van der Waals surface area contributed by atoms with Crippen LogP contribution in [0.4, 0.5) is 4.79 Å². The van der Waals surface area contributed by atoms with Crippen molar-refractivity contribution in [2.24, 2.45) is 11.1 Å². The van der Waals surface area contributed by atoms with Crippen LogP contribution in [0.2, 0.25) is 0 Å². The fourth-order valence-corrected chi connectivity index (χ4v) is 2.42. The van der Waals surface area contributed by atoms with Gasteiger partial charge in [-0.3, -0.25) is 14.4 Å². The minimum Gasteiger partial charge on any atom is -0.444 e. The summed E-state index contributed by atoms with van der Waals surface area (Å²) in [5.41, 5.74) is 5.49. The number of primary amides is 1. The highest BCUT2D eigenvalue weighted by Gasteiger charge is 2.37. The number of hydrogen-bond donors (Lipinski definition) is 1. The summed E-state index contributed by atoms with van der Waals surface area (Å²) in [7, 11) is 0. The fraction of sp³-hybridized carbons (Fsp3) is 0.438. The van der Waals surface area contributed by atoms with Gasteiger partial charge < -0.3 is 10.5 Å². The zero-order chi connectivity index (χ0) is 17.2. The molecule has 1 atom stereocenters. The Morgan fingerprint density at radius 1 is 1.17 bits per heavy atom. The summed E-state index contributed by atoms with van der Waals surface area (Å²) in [6.45, 7) is 5.76. The van der Waals surface area contributed by atoms with Crippen molar-refractivity contribution < 1.29 is 24.0 Å². The van der Waals surface area contributed by atoms with Crippen molar-refractivity contribution in [2.45, 2.75) is 33.3 Å². The van der Waals surface area contributed by atoms with E-state index in [0.717, 1.165) is 0 Å². The number of hydroxylamine groups is 2. The highest BCUT2D eigenvalue weighted by Crippen LogP contribution is 2.25. The van der Waals surface area contributed by atoms with Gasteiger partial charge in [-0.2, -0.15) is 0 Å². The summed E-state index contributed by atoms with van der Waals surface area (Å²) in [6, 6.07) is 6.47. The van der Waals surface area contributed by atoms with E-state index < -0.39 is 24.0 Å². The van der Waals surface area contributed by atoms with E-state index in [1.165, 1.54) is 0 Å². The summed E-state index contributed by atoms with van der Waals surface area (Å²) in [6.07, 6.45) is -1.11. The molecule has 0 saturated heterocycles. The predicted octanol–water partition coefficient (Wildman–Crippen LogP) is 2.11. The van der Waals surface area contributed by atoms with Gasteiger partial charge in [0.2, 0.25) is 0 Å². The standard InChI is InChI=1S/C16H20N2O5/c1-16(2,3)8-10(23-15(17)21)9-22-18-13(19)11-6-4-5-7-12(11)14(18)20/h4-7,10H,8-9H2,1-3H3,(H2,17,21)/t10-/m0/s1. The second-order valence-electron chi connectivity index (χ2n) is 6.57. The van der Waals surface area contributed by atoms with Crippen LogP contribution in [0, 0.1) is 5.41 Å². The molecule has 1 aromatic carbocycles. The van der Waals surface area contributed by atoms with Gasteiger partial charge in [-0.1, -0.05) is 32.9 Å². The third kappa shape index (κ3) is 4.07. The Bertz CT molecular complexity index is 601. The number of nitrogens with two attached hydrogens (primary N) is 1. The highest BCUT2D eigenvalue weighted by molar-refractivity contribution is 6.20. The monoisotopic (exact) mass is 320 g/mol. The van der Waals surface area contributed by atoms with Crippen LogP contribution in [0.1, 0.15) is 47.9 Å². The zero-order valence-electron chi connectivity index (χ0n) is 13.4. The molecule has 0 fully saturated rings. The third-order valence-corrected chi connectivity index (χ3v) is 3.27. The Hall–Kier alpha value is -2.41. The van der Waals surface area contributed by atoms with Gasteiger partial charge in [0.1, 0.15) is 12.7 Å². The van der Waals surface area contributed by atoms with Crippen molar-refractivity contribution in [1.29, 1.82) is 0 Å². The maximum Gasteiger partial charge on any atom is 0.404 e. The molecule has 0 aliphatic carbocycles. The molecule has 23 heavy (non-hydrogen) atoms. The average molecular weight is 320 g/mol. The van der Waals surface area contributed by atoms with E-state index in [4.69, 9.17) is 15.3 Å². The van der Waals surface area contributed by atoms with Crippen molar-refractivity contribution >= 4 is 17.9 Å². The van der Waals surface area contributed by atoms with Crippen molar-refractivity contribution in [3.63, 3.8) is 0 Å². The Labute approximate surface area is 134 Å². The lowest BCUT2D eigenvalue weighted by molar-refractivity contribution is -0.120. The van der Waals surface area contributed by atoms with E-state index in [9.17, 15) is 14.4 Å². The van der Waals surface area contributed by atoms with Crippen molar-refractivity contribution in [2.75, 3.05) is 6.61 Å². The summed E-state index contributed by atoms with van der Waals surface area (Å²) in [5, 5.41) is 0.699. The molecule has 1 aromatic rings. The average Bonchev–Trinajstić information content (AvgIpc) is 2.67. The molecule has 7 nitrogen and oxygen atoms in total. The molecule has 3 amide bonds. The normalized spacial score (nSPS) is 15.5. The number of fused-ring (bicyclic) bond motifs is 1. The third-order valence-electron chi connectivity index (χ3n) is 3.27. The van der Waals surface area contributed by atoms with Gasteiger partial charge in [0, 0.05) is 0 Å². The lowest BCUT2D eigenvalue weighted by Gasteiger charge is -2.26. The SMILES string of the molecule is CC(C)(C)C[C@@H](CON1C(=O)c2ccccc2C1=O)OC(N)=O. The van der Waals surface area contributed by atoms with E-state index in [2.05, 4.69) is 0 Å². The summed E-state index contributed by atoms with van der Waals surface area (Å²) in [4.78, 5) is 40.7. The molecule has 1 heterocycles. The molecule has 7 heteroatoms. The van der Waals surface area contributed by atoms with Crippen molar-refractivity contribution in [3.8, 4) is 0 Å².